The summed E-state index contributed by atoms with van der Waals surface area (Å²) in [5.41, 5.74) is 0.429. The summed E-state index contributed by atoms with van der Waals surface area (Å²) in [6.45, 7) is 7.93. The third-order valence-corrected chi connectivity index (χ3v) is 1.78. The van der Waals surface area contributed by atoms with E-state index in [4.69, 9.17) is 14.6 Å². The van der Waals surface area contributed by atoms with E-state index in [-0.39, 0.29) is 12.6 Å². The van der Waals surface area contributed by atoms with Gasteiger partial charge in [-0.1, -0.05) is 6.58 Å². The number of aliphatic hydroxyl groups is 1. The van der Waals surface area contributed by atoms with E-state index in [9.17, 15) is 4.79 Å². The third-order valence-electron chi connectivity index (χ3n) is 1.78. The molecule has 0 aliphatic carbocycles. The van der Waals surface area contributed by atoms with Crippen LogP contribution in [-0.2, 0) is 14.3 Å². The molecule has 0 bridgehead atoms. The van der Waals surface area contributed by atoms with Gasteiger partial charge >= 0.3 is 5.97 Å². The molecule has 0 saturated heterocycles. The van der Waals surface area contributed by atoms with Crippen LogP contribution in [-0.4, -0.2) is 50.6 Å². The highest BCUT2D eigenvalue weighted by molar-refractivity contribution is 5.88. The van der Waals surface area contributed by atoms with E-state index in [0.29, 0.717) is 31.9 Å². The number of ether oxygens (including phenoxy) is 2. The van der Waals surface area contributed by atoms with Gasteiger partial charge in [-0.2, -0.15) is 0 Å². The van der Waals surface area contributed by atoms with E-state index in [1.807, 2.05) is 0 Å². The van der Waals surface area contributed by atoms with Gasteiger partial charge in [0.15, 0.2) is 0 Å². The number of esters is 1. The van der Waals surface area contributed by atoms with Crippen molar-refractivity contribution in [1.82, 2.24) is 5.32 Å². The zero-order valence-electron chi connectivity index (χ0n) is 9.83. The molecule has 0 unspecified atom stereocenters. The summed E-state index contributed by atoms with van der Waals surface area (Å²) in [6.07, 6.45) is 0.829. The highest BCUT2D eigenvalue weighted by Gasteiger charge is 2.05. The summed E-state index contributed by atoms with van der Waals surface area (Å²) in [5, 5.41) is 11.5. The molecule has 0 fully saturated rings. The van der Waals surface area contributed by atoms with Crippen molar-refractivity contribution in [3.05, 3.63) is 12.2 Å². The van der Waals surface area contributed by atoms with Crippen molar-refractivity contribution in [2.24, 2.45) is 0 Å². The van der Waals surface area contributed by atoms with Crippen molar-refractivity contribution in [2.45, 2.75) is 13.3 Å². The number of rotatable bonds is 10. The summed E-state index contributed by atoms with van der Waals surface area (Å²) in [4.78, 5) is 11.1. The predicted molar refractivity (Wildman–Crippen MR) is 61.2 cm³/mol. The van der Waals surface area contributed by atoms with Crippen LogP contribution in [0.25, 0.3) is 0 Å². The lowest BCUT2D eigenvalue weighted by molar-refractivity contribution is -0.138. The van der Waals surface area contributed by atoms with Gasteiger partial charge in [0.1, 0.15) is 0 Å². The van der Waals surface area contributed by atoms with E-state index >= 15 is 0 Å². The van der Waals surface area contributed by atoms with E-state index in [0.717, 1.165) is 13.0 Å². The summed E-state index contributed by atoms with van der Waals surface area (Å²) in [6, 6.07) is 0. The van der Waals surface area contributed by atoms with Gasteiger partial charge in [0.2, 0.25) is 0 Å². The Morgan fingerprint density at radius 2 is 2.19 bits per heavy atom. The van der Waals surface area contributed by atoms with Gasteiger partial charge in [0, 0.05) is 18.7 Å². The molecule has 2 N–H and O–H groups in total. The molecule has 0 aromatic heterocycles. The van der Waals surface area contributed by atoms with Crippen LogP contribution >= 0.6 is 0 Å². The van der Waals surface area contributed by atoms with Gasteiger partial charge < -0.3 is 19.9 Å². The van der Waals surface area contributed by atoms with Crippen LogP contribution in [0.1, 0.15) is 13.3 Å². The fraction of sp³-hybridized carbons (Fsp3) is 0.727. The van der Waals surface area contributed by atoms with Gasteiger partial charge in [0.25, 0.3) is 0 Å². The number of carbonyl (C=O) groups excluding carboxylic acids is 1. The number of hydrogen-bond acceptors (Lipinski definition) is 5. The Balaban J connectivity index is 3.31. The van der Waals surface area contributed by atoms with Gasteiger partial charge in [-0.15, -0.1) is 0 Å². The maximum Gasteiger partial charge on any atom is 0.334 e. The molecule has 94 valence electrons. The van der Waals surface area contributed by atoms with Crippen LogP contribution in [0.2, 0.25) is 0 Å². The molecule has 0 amide bonds. The zero-order chi connectivity index (χ0) is 12.2. The second kappa shape index (κ2) is 10.6. The van der Waals surface area contributed by atoms with Crippen molar-refractivity contribution < 1.29 is 19.4 Å². The molecule has 0 aliphatic rings. The van der Waals surface area contributed by atoms with Crippen LogP contribution in [0, 0.1) is 0 Å². The number of carbonyl (C=O) groups is 1. The normalized spacial score (nSPS) is 10.1. The molecule has 0 radical (unpaired) electrons. The maximum absolute atomic E-state index is 11.1. The van der Waals surface area contributed by atoms with Gasteiger partial charge in [-0.3, -0.25) is 0 Å². The quantitative estimate of drug-likeness (QED) is 0.317. The van der Waals surface area contributed by atoms with Crippen molar-refractivity contribution in [3.63, 3.8) is 0 Å². The van der Waals surface area contributed by atoms with Crippen LogP contribution in [0.15, 0.2) is 12.2 Å². The van der Waals surface area contributed by atoms with E-state index in [1.54, 1.807) is 6.92 Å². The number of aliphatic hydroxyl groups excluding tert-OH is 1. The van der Waals surface area contributed by atoms with E-state index in [2.05, 4.69) is 11.9 Å². The first-order valence-corrected chi connectivity index (χ1v) is 5.46. The first-order chi connectivity index (χ1) is 7.72. The lowest BCUT2D eigenvalue weighted by atomic mass is 10.3. The molecular weight excluding hydrogens is 210 g/mol. The zero-order valence-corrected chi connectivity index (χ0v) is 9.83. The SMILES string of the molecule is C=C(CNCCCOCCO)C(=O)OCC. The Labute approximate surface area is 96.4 Å². The van der Waals surface area contributed by atoms with Crippen LogP contribution < -0.4 is 5.32 Å². The Morgan fingerprint density at radius 1 is 1.44 bits per heavy atom. The third kappa shape index (κ3) is 8.40. The lowest BCUT2D eigenvalue weighted by Gasteiger charge is -2.07. The second-order valence-corrected chi connectivity index (χ2v) is 3.19. The predicted octanol–water partition coefficient (Wildman–Crippen LogP) is 0.0943. The standard InChI is InChI=1S/C11H21NO4/c1-3-16-11(14)10(2)9-12-5-4-7-15-8-6-13/h12-13H,2-9H2,1H3. The summed E-state index contributed by atoms with van der Waals surface area (Å²) in [5.74, 6) is -0.355. The molecule has 0 spiro atoms. The Hall–Kier alpha value is -0.910. The molecule has 5 heteroatoms. The second-order valence-electron chi connectivity index (χ2n) is 3.19. The van der Waals surface area contributed by atoms with Crippen molar-refractivity contribution in [3.8, 4) is 0 Å². The highest BCUT2D eigenvalue weighted by Crippen LogP contribution is 1.92. The molecule has 0 aromatic carbocycles. The van der Waals surface area contributed by atoms with Crippen LogP contribution in [0.3, 0.4) is 0 Å². The lowest BCUT2D eigenvalue weighted by Crippen LogP contribution is -2.23. The first-order valence-electron chi connectivity index (χ1n) is 5.46. The summed E-state index contributed by atoms with van der Waals surface area (Å²) < 4.78 is 9.85. The maximum atomic E-state index is 11.1. The van der Waals surface area contributed by atoms with Crippen molar-refractivity contribution in [2.75, 3.05) is 39.5 Å². The van der Waals surface area contributed by atoms with Crippen LogP contribution in [0.4, 0.5) is 0 Å². The molecule has 0 atom stereocenters. The van der Waals surface area contributed by atoms with Crippen LogP contribution in [0.5, 0.6) is 0 Å². The van der Waals surface area contributed by atoms with Gasteiger partial charge in [-0.05, 0) is 19.9 Å². The average Bonchev–Trinajstić information content (AvgIpc) is 2.28. The Bertz CT molecular complexity index is 206. The fourth-order valence-electron chi connectivity index (χ4n) is 1.01. The van der Waals surface area contributed by atoms with E-state index in [1.165, 1.54) is 0 Å². The molecule has 0 rings (SSSR count). The van der Waals surface area contributed by atoms with Gasteiger partial charge in [0.05, 0.1) is 19.8 Å². The molecule has 0 aromatic rings. The van der Waals surface area contributed by atoms with Gasteiger partial charge in [-0.25, -0.2) is 4.79 Å². The Kier molecular flexibility index (Phi) is 10.00. The number of hydrogen-bond donors (Lipinski definition) is 2. The molecule has 5 nitrogen and oxygen atoms in total. The molecule has 0 heterocycles. The minimum absolute atomic E-state index is 0.0487. The fourth-order valence-corrected chi connectivity index (χ4v) is 1.01. The summed E-state index contributed by atoms with van der Waals surface area (Å²) in [7, 11) is 0. The molecule has 16 heavy (non-hydrogen) atoms. The summed E-state index contributed by atoms with van der Waals surface area (Å²) >= 11 is 0. The molecular formula is C11H21NO4. The first kappa shape index (κ1) is 15.1. The smallest absolute Gasteiger partial charge is 0.334 e. The topological polar surface area (TPSA) is 67.8 Å². The monoisotopic (exact) mass is 231 g/mol. The number of nitrogens with one attached hydrogen (secondary N) is 1. The molecule has 0 aliphatic heterocycles. The van der Waals surface area contributed by atoms with E-state index < -0.39 is 0 Å². The highest BCUT2D eigenvalue weighted by atomic mass is 16.5. The minimum atomic E-state index is -0.355. The van der Waals surface area contributed by atoms with Crippen molar-refractivity contribution in [1.29, 1.82) is 0 Å². The largest absolute Gasteiger partial charge is 0.463 e. The average molecular weight is 231 g/mol. The van der Waals surface area contributed by atoms with Crippen molar-refractivity contribution >= 4 is 5.97 Å². The minimum Gasteiger partial charge on any atom is -0.463 e. The Morgan fingerprint density at radius 3 is 2.81 bits per heavy atom. The molecule has 0 saturated carbocycles.